The molecule has 0 saturated heterocycles. The van der Waals surface area contributed by atoms with Gasteiger partial charge in [0.1, 0.15) is 34.8 Å². The van der Waals surface area contributed by atoms with Gasteiger partial charge in [-0.25, -0.2) is 8.78 Å². The molecule has 0 radical (unpaired) electrons. The average molecular weight is 611 g/mol. The first-order valence-corrected chi connectivity index (χ1v) is 14.8. The van der Waals surface area contributed by atoms with E-state index >= 15 is 4.39 Å². The largest absolute Gasteiger partial charge is 0.489 e. The second-order valence-corrected chi connectivity index (χ2v) is 12.4. The standard InChI is InChI=1S/C30H29ClF2N6O2S/c1-15-13-40-26-22-25(36-30-37-29(22)39(15)10-6-4-5-7-16(14-41-30)12-38(2)3)24(33)21(23(26)31)17-8-9-19(32)27-20(17)18(11-34)28(35)42-27/h4-5,8-9,15-16H,6-7,10,12-14,35H2,1-3H3/t15-,16+/m1/s1. The highest BCUT2D eigenvalue weighted by atomic mass is 35.5. The molecule has 4 heterocycles. The Morgan fingerprint density at radius 2 is 2.00 bits per heavy atom. The fraction of sp³-hybridized carbons (Fsp3) is 0.367. The number of hydrogen-bond acceptors (Lipinski definition) is 9. The van der Waals surface area contributed by atoms with Gasteiger partial charge < -0.3 is 25.0 Å². The highest BCUT2D eigenvalue weighted by Crippen LogP contribution is 2.51. The van der Waals surface area contributed by atoms with Crippen LogP contribution in [0.15, 0.2) is 24.3 Å². The van der Waals surface area contributed by atoms with Crippen LogP contribution in [0.3, 0.4) is 0 Å². The van der Waals surface area contributed by atoms with Gasteiger partial charge >= 0.3 is 6.01 Å². The van der Waals surface area contributed by atoms with Crippen LogP contribution in [0.25, 0.3) is 32.1 Å². The number of nitrogens with zero attached hydrogens (tertiary/aromatic N) is 5. The minimum atomic E-state index is -0.747. The van der Waals surface area contributed by atoms with Crippen molar-refractivity contribution in [2.45, 2.75) is 25.8 Å². The zero-order chi connectivity index (χ0) is 29.7. The quantitative estimate of drug-likeness (QED) is 0.266. The molecule has 2 aliphatic heterocycles. The lowest BCUT2D eigenvalue weighted by molar-refractivity contribution is 0.200. The van der Waals surface area contributed by atoms with Crippen LogP contribution >= 0.6 is 22.9 Å². The van der Waals surface area contributed by atoms with E-state index in [1.165, 1.54) is 12.1 Å². The number of thiophene rings is 1. The van der Waals surface area contributed by atoms with E-state index in [0.717, 1.165) is 30.7 Å². The molecule has 8 nitrogen and oxygen atoms in total. The molecule has 0 saturated carbocycles. The summed E-state index contributed by atoms with van der Waals surface area (Å²) < 4.78 is 44.2. The van der Waals surface area contributed by atoms with Gasteiger partial charge in [-0.1, -0.05) is 29.8 Å². The molecule has 0 amide bonds. The maximum Gasteiger partial charge on any atom is 0.319 e. The van der Waals surface area contributed by atoms with Crippen molar-refractivity contribution in [2.75, 3.05) is 51.0 Å². The van der Waals surface area contributed by atoms with E-state index in [0.29, 0.717) is 24.4 Å². The van der Waals surface area contributed by atoms with Gasteiger partial charge in [-0.15, -0.1) is 11.3 Å². The normalized spacial score (nSPS) is 18.9. The first-order chi connectivity index (χ1) is 20.2. The molecule has 218 valence electrons. The van der Waals surface area contributed by atoms with Crippen molar-refractivity contribution >= 4 is 54.7 Å². The SMILES string of the molecule is C[C@@H]1COc2c(Cl)c(-c3ccc(F)c4sc(N)c(C#N)c34)c(F)c3nc4nc(c23)N1CCC=CC[C@@H](CN(C)C)CO4. The van der Waals surface area contributed by atoms with Gasteiger partial charge in [0.15, 0.2) is 11.6 Å². The molecule has 2 N–H and O–H groups in total. The summed E-state index contributed by atoms with van der Waals surface area (Å²) in [6, 6.07) is 4.58. The Bertz CT molecular complexity index is 1790. The van der Waals surface area contributed by atoms with Gasteiger partial charge in [0.25, 0.3) is 0 Å². The van der Waals surface area contributed by atoms with Crippen LogP contribution in [-0.2, 0) is 0 Å². The summed E-state index contributed by atoms with van der Waals surface area (Å²) in [5.41, 5.74) is 6.27. The van der Waals surface area contributed by atoms with Crippen molar-refractivity contribution in [3.05, 3.63) is 46.5 Å². The van der Waals surface area contributed by atoms with E-state index in [1.54, 1.807) is 0 Å². The second-order valence-electron chi connectivity index (χ2n) is 10.9. The fourth-order valence-corrected chi connectivity index (χ4v) is 7.02. The average Bonchev–Trinajstić information content (AvgIpc) is 3.22. The van der Waals surface area contributed by atoms with Crippen molar-refractivity contribution in [1.29, 1.82) is 5.26 Å². The summed E-state index contributed by atoms with van der Waals surface area (Å²) >= 11 is 7.89. The Kier molecular flexibility index (Phi) is 7.55. The highest BCUT2D eigenvalue weighted by Gasteiger charge is 2.33. The van der Waals surface area contributed by atoms with Crippen molar-refractivity contribution in [3.8, 4) is 29.0 Å². The molecule has 0 aliphatic carbocycles. The molecule has 42 heavy (non-hydrogen) atoms. The van der Waals surface area contributed by atoms with Crippen LogP contribution < -0.4 is 20.1 Å². The Morgan fingerprint density at radius 3 is 2.76 bits per heavy atom. The van der Waals surface area contributed by atoms with E-state index in [1.807, 2.05) is 27.1 Å². The first-order valence-electron chi connectivity index (χ1n) is 13.6. The lowest BCUT2D eigenvalue weighted by atomic mass is 9.96. The van der Waals surface area contributed by atoms with Gasteiger partial charge in [0.2, 0.25) is 0 Å². The number of nitrogen functional groups attached to an aromatic ring is 1. The van der Waals surface area contributed by atoms with E-state index in [4.69, 9.17) is 31.8 Å². The van der Waals surface area contributed by atoms with Crippen LogP contribution in [0, 0.1) is 28.9 Å². The van der Waals surface area contributed by atoms with Gasteiger partial charge in [-0.3, -0.25) is 0 Å². The molecule has 12 heteroatoms. The molecule has 4 aromatic rings. The smallest absolute Gasteiger partial charge is 0.319 e. The Labute approximate surface area is 250 Å². The molecular weight excluding hydrogens is 582 g/mol. The van der Waals surface area contributed by atoms with E-state index in [-0.39, 0.29) is 72.6 Å². The predicted octanol–water partition coefficient (Wildman–Crippen LogP) is 6.39. The minimum absolute atomic E-state index is 0.0128. The Morgan fingerprint density at radius 1 is 1.19 bits per heavy atom. The minimum Gasteiger partial charge on any atom is -0.489 e. The van der Waals surface area contributed by atoms with E-state index in [2.05, 4.69) is 26.9 Å². The lowest BCUT2D eigenvalue weighted by Crippen LogP contribution is -2.37. The Balaban J connectivity index is 1.63. The zero-order valence-electron chi connectivity index (χ0n) is 23.4. The summed E-state index contributed by atoms with van der Waals surface area (Å²) in [4.78, 5) is 13.5. The van der Waals surface area contributed by atoms with Crippen molar-refractivity contribution in [1.82, 2.24) is 14.9 Å². The molecule has 2 aliphatic rings. The van der Waals surface area contributed by atoms with Crippen LogP contribution in [0.4, 0.5) is 19.6 Å². The van der Waals surface area contributed by atoms with Gasteiger partial charge in [0.05, 0.1) is 33.3 Å². The van der Waals surface area contributed by atoms with Crippen molar-refractivity contribution in [3.63, 3.8) is 0 Å². The topological polar surface area (TPSA) is 101 Å². The highest BCUT2D eigenvalue weighted by molar-refractivity contribution is 7.23. The number of anilines is 2. The van der Waals surface area contributed by atoms with Crippen LogP contribution in [-0.4, -0.2) is 61.3 Å². The third-order valence-electron chi connectivity index (χ3n) is 7.66. The maximum atomic E-state index is 16.9. The number of rotatable bonds is 3. The van der Waals surface area contributed by atoms with Gasteiger partial charge in [-0.2, -0.15) is 15.2 Å². The number of nitriles is 1. The lowest BCUT2D eigenvalue weighted by Gasteiger charge is -2.29. The van der Waals surface area contributed by atoms with Crippen LogP contribution in [0.1, 0.15) is 25.3 Å². The summed E-state index contributed by atoms with van der Waals surface area (Å²) in [5, 5.41) is 10.5. The first kappa shape index (κ1) is 28.4. The van der Waals surface area contributed by atoms with Gasteiger partial charge in [0, 0.05) is 30.0 Å². The number of fused-ring (bicyclic) bond motifs is 2. The van der Waals surface area contributed by atoms with Crippen LogP contribution in [0.2, 0.25) is 5.02 Å². The second kappa shape index (κ2) is 11.2. The van der Waals surface area contributed by atoms with E-state index < -0.39 is 11.6 Å². The number of aromatic nitrogens is 2. The third-order valence-corrected chi connectivity index (χ3v) is 9.05. The number of hydrogen-bond donors (Lipinski definition) is 1. The number of nitrogens with two attached hydrogens (primary N) is 1. The monoisotopic (exact) mass is 610 g/mol. The van der Waals surface area contributed by atoms with Crippen LogP contribution in [0.5, 0.6) is 11.8 Å². The number of benzene rings is 2. The molecule has 0 spiro atoms. The molecule has 6 rings (SSSR count). The van der Waals surface area contributed by atoms with E-state index in [9.17, 15) is 9.65 Å². The molecule has 2 atom stereocenters. The number of allylic oxidation sites excluding steroid dienone is 1. The summed E-state index contributed by atoms with van der Waals surface area (Å²) in [7, 11) is 4.01. The summed E-state index contributed by atoms with van der Waals surface area (Å²) in [5.74, 6) is -0.432. The third kappa shape index (κ3) is 4.77. The van der Waals surface area contributed by atoms with Gasteiger partial charge in [-0.05, 0) is 45.5 Å². The maximum absolute atomic E-state index is 16.9. The molecular formula is C30H29ClF2N6O2S. The fourth-order valence-electron chi connectivity index (χ4n) is 5.74. The van der Waals surface area contributed by atoms with Crippen molar-refractivity contribution < 1.29 is 18.3 Å². The Hall–Kier alpha value is -3.72. The number of ether oxygens (including phenoxy) is 2. The molecule has 0 fully saturated rings. The predicted molar refractivity (Wildman–Crippen MR) is 163 cm³/mol. The molecule has 2 aromatic carbocycles. The zero-order valence-corrected chi connectivity index (χ0v) is 25.0. The summed E-state index contributed by atoms with van der Waals surface area (Å²) in [6.45, 7) is 4.02. The molecule has 2 bridgehead atoms. The summed E-state index contributed by atoms with van der Waals surface area (Å²) in [6.07, 6.45) is 5.91. The molecule has 0 unspecified atom stereocenters. The number of halogens is 3. The van der Waals surface area contributed by atoms with Crippen molar-refractivity contribution in [2.24, 2.45) is 5.92 Å². The molecule has 2 aromatic heterocycles.